The molecule has 1 heterocycles. The highest BCUT2D eigenvalue weighted by molar-refractivity contribution is 6.15. The molecule has 0 fully saturated rings. The predicted octanol–water partition coefficient (Wildman–Crippen LogP) is 3.95. The Hall–Kier alpha value is -3.28. The third-order valence-electron chi connectivity index (χ3n) is 4.11. The van der Waals surface area contributed by atoms with E-state index in [4.69, 9.17) is 18.9 Å². The van der Waals surface area contributed by atoms with Crippen LogP contribution in [-0.4, -0.2) is 31.6 Å². The second-order valence-electron chi connectivity index (χ2n) is 6.12. The standard InChI is InChI=1S/C22H22O6/c1-4-25-17-9-7-6-8-15(17)11-19-22(24)21-14(3)10-16(12-18(21)28-19)27-13-20(23)26-5-2/h6-12H,4-5,13H2,1-3H3/b19-11-. The molecule has 0 spiro atoms. The van der Waals surface area contributed by atoms with Crippen LogP contribution in [-0.2, 0) is 9.53 Å². The van der Waals surface area contributed by atoms with Crippen molar-refractivity contribution in [2.24, 2.45) is 0 Å². The van der Waals surface area contributed by atoms with E-state index in [0.29, 0.717) is 41.6 Å². The molecule has 146 valence electrons. The summed E-state index contributed by atoms with van der Waals surface area (Å²) in [5, 5.41) is 0. The van der Waals surface area contributed by atoms with Crippen LogP contribution in [0.15, 0.2) is 42.2 Å². The fraction of sp³-hybridized carbons (Fsp3) is 0.273. The van der Waals surface area contributed by atoms with Crippen molar-refractivity contribution in [2.75, 3.05) is 19.8 Å². The molecular formula is C22H22O6. The molecule has 0 saturated heterocycles. The Labute approximate surface area is 163 Å². The monoisotopic (exact) mass is 382 g/mol. The molecule has 0 bridgehead atoms. The van der Waals surface area contributed by atoms with Crippen LogP contribution < -0.4 is 14.2 Å². The van der Waals surface area contributed by atoms with E-state index in [-0.39, 0.29) is 18.1 Å². The fourth-order valence-electron chi connectivity index (χ4n) is 2.93. The number of hydrogen-bond donors (Lipinski definition) is 0. The lowest BCUT2D eigenvalue weighted by Crippen LogP contribution is -2.14. The van der Waals surface area contributed by atoms with Crippen molar-refractivity contribution in [3.63, 3.8) is 0 Å². The fourth-order valence-corrected chi connectivity index (χ4v) is 2.93. The maximum absolute atomic E-state index is 12.8. The van der Waals surface area contributed by atoms with Gasteiger partial charge in [-0.3, -0.25) is 4.79 Å². The Bertz CT molecular complexity index is 929. The molecule has 0 atom stereocenters. The lowest BCUT2D eigenvalue weighted by molar-refractivity contribution is -0.145. The van der Waals surface area contributed by atoms with Crippen molar-refractivity contribution in [3.05, 3.63) is 58.8 Å². The normalized spacial score (nSPS) is 13.8. The van der Waals surface area contributed by atoms with E-state index in [9.17, 15) is 9.59 Å². The van der Waals surface area contributed by atoms with Crippen molar-refractivity contribution in [2.45, 2.75) is 20.8 Å². The summed E-state index contributed by atoms with van der Waals surface area (Å²) in [5.74, 6) is 1.09. The van der Waals surface area contributed by atoms with Crippen molar-refractivity contribution < 1.29 is 28.5 Å². The Balaban J connectivity index is 1.84. The lowest BCUT2D eigenvalue weighted by atomic mass is 10.0. The van der Waals surface area contributed by atoms with Gasteiger partial charge in [0.1, 0.15) is 17.2 Å². The SMILES string of the molecule is CCOC(=O)COc1cc(C)c2c(c1)O/C(=C\c1ccccc1OCC)C2=O. The van der Waals surface area contributed by atoms with Crippen LogP contribution in [0, 0.1) is 6.92 Å². The Morgan fingerprint density at radius 2 is 1.89 bits per heavy atom. The molecule has 28 heavy (non-hydrogen) atoms. The number of fused-ring (bicyclic) bond motifs is 1. The van der Waals surface area contributed by atoms with Crippen LogP contribution in [0.3, 0.4) is 0 Å². The minimum absolute atomic E-state index is 0.198. The Morgan fingerprint density at radius 3 is 2.64 bits per heavy atom. The van der Waals surface area contributed by atoms with Crippen molar-refractivity contribution >= 4 is 17.8 Å². The summed E-state index contributed by atoms with van der Waals surface area (Å²) in [4.78, 5) is 24.3. The van der Waals surface area contributed by atoms with Gasteiger partial charge in [-0.05, 0) is 44.5 Å². The second kappa shape index (κ2) is 8.61. The number of rotatable bonds is 7. The number of carbonyl (C=O) groups excluding carboxylic acids is 2. The topological polar surface area (TPSA) is 71.1 Å². The molecule has 0 aliphatic carbocycles. The van der Waals surface area contributed by atoms with Crippen molar-refractivity contribution in [3.8, 4) is 17.2 Å². The highest BCUT2D eigenvalue weighted by Gasteiger charge is 2.30. The average Bonchev–Trinajstić information content (AvgIpc) is 2.98. The molecule has 0 saturated carbocycles. The maximum Gasteiger partial charge on any atom is 0.344 e. The van der Waals surface area contributed by atoms with E-state index >= 15 is 0 Å². The van der Waals surface area contributed by atoms with Gasteiger partial charge in [-0.25, -0.2) is 4.79 Å². The third-order valence-corrected chi connectivity index (χ3v) is 4.11. The molecule has 0 N–H and O–H groups in total. The first-order valence-electron chi connectivity index (χ1n) is 9.12. The van der Waals surface area contributed by atoms with Crippen LogP contribution >= 0.6 is 0 Å². The Kier molecular flexibility index (Phi) is 5.99. The van der Waals surface area contributed by atoms with Gasteiger partial charge >= 0.3 is 5.97 Å². The number of Topliss-reactive ketones (excluding diaryl/α,β-unsaturated/α-hetero) is 1. The summed E-state index contributed by atoms with van der Waals surface area (Å²) in [7, 11) is 0. The molecule has 6 heteroatoms. The zero-order valence-electron chi connectivity index (χ0n) is 16.1. The molecule has 0 aromatic heterocycles. The van der Waals surface area contributed by atoms with Gasteiger partial charge in [0, 0.05) is 11.6 Å². The number of para-hydroxylation sites is 1. The van der Waals surface area contributed by atoms with Crippen LogP contribution in [0.25, 0.3) is 6.08 Å². The van der Waals surface area contributed by atoms with E-state index < -0.39 is 5.97 Å². The van der Waals surface area contributed by atoms with Crippen LogP contribution in [0.1, 0.15) is 35.3 Å². The van der Waals surface area contributed by atoms with Gasteiger partial charge in [-0.2, -0.15) is 0 Å². The number of carbonyl (C=O) groups is 2. The number of allylic oxidation sites excluding steroid dienone is 1. The minimum Gasteiger partial charge on any atom is -0.493 e. The second-order valence-corrected chi connectivity index (χ2v) is 6.12. The molecule has 0 radical (unpaired) electrons. The van der Waals surface area contributed by atoms with E-state index in [2.05, 4.69) is 0 Å². The molecule has 0 unspecified atom stereocenters. The summed E-state index contributed by atoms with van der Waals surface area (Å²) >= 11 is 0. The first-order chi connectivity index (χ1) is 13.5. The van der Waals surface area contributed by atoms with Gasteiger partial charge in [0.2, 0.25) is 5.78 Å². The number of hydrogen-bond acceptors (Lipinski definition) is 6. The highest BCUT2D eigenvalue weighted by Crippen LogP contribution is 2.38. The van der Waals surface area contributed by atoms with Gasteiger partial charge in [0.15, 0.2) is 12.4 Å². The molecular weight excluding hydrogens is 360 g/mol. The quantitative estimate of drug-likeness (QED) is 0.533. The van der Waals surface area contributed by atoms with Crippen LogP contribution in [0.5, 0.6) is 17.2 Å². The average molecular weight is 382 g/mol. The highest BCUT2D eigenvalue weighted by atomic mass is 16.6. The van der Waals surface area contributed by atoms with E-state index in [1.54, 1.807) is 32.1 Å². The van der Waals surface area contributed by atoms with Crippen LogP contribution in [0.4, 0.5) is 0 Å². The van der Waals surface area contributed by atoms with Crippen molar-refractivity contribution in [1.82, 2.24) is 0 Å². The Morgan fingerprint density at radius 1 is 1.11 bits per heavy atom. The van der Waals surface area contributed by atoms with E-state index in [1.807, 2.05) is 31.2 Å². The van der Waals surface area contributed by atoms with Gasteiger partial charge < -0.3 is 18.9 Å². The third kappa shape index (κ3) is 4.17. The van der Waals surface area contributed by atoms with Gasteiger partial charge in [-0.1, -0.05) is 18.2 Å². The molecule has 6 nitrogen and oxygen atoms in total. The number of aryl methyl sites for hydroxylation is 1. The summed E-state index contributed by atoms with van der Waals surface area (Å²) < 4.78 is 21.7. The van der Waals surface area contributed by atoms with Gasteiger partial charge in [0.05, 0.1) is 18.8 Å². The molecule has 3 rings (SSSR count). The summed E-state index contributed by atoms with van der Waals surface area (Å²) in [5.41, 5.74) is 1.96. The van der Waals surface area contributed by atoms with Gasteiger partial charge in [-0.15, -0.1) is 0 Å². The number of ether oxygens (including phenoxy) is 4. The van der Waals surface area contributed by atoms with Crippen molar-refractivity contribution in [1.29, 1.82) is 0 Å². The number of esters is 1. The smallest absolute Gasteiger partial charge is 0.344 e. The molecule has 0 amide bonds. The summed E-state index contributed by atoms with van der Waals surface area (Å²) in [6, 6.07) is 10.8. The lowest BCUT2D eigenvalue weighted by Gasteiger charge is -2.08. The summed E-state index contributed by atoms with van der Waals surface area (Å²) in [6.07, 6.45) is 1.67. The summed E-state index contributed by atoms with van der Waals surface area (Å²) in [6.45, 7) is 6.04. The number of ketones is 1. The molecule has 1 aliphatic heterocycles. The minimum atomic E-state index is -0.453. The molecule has 1 aliphatic rings. The zero-order chi connectivity index (χ0) is 20.1. The van der Waals surface area contributed by atoms with Gasteiger partial charge in [0.25, 0.3) is 0 Å². The largest absolute Gasteiger partial charge is 0.493 e. The first-order valence-corrected chi connectivity index (χ1v) is 9.12. The molecule has 2 aromatic carbocycles. The van der Waals surface area contributed by atoms with Crippen LogP contribution in [0.2, 0.25) is 0 Å². The first kappa shape index (κ1) is 19.5. The molecule has 2 aromatic rings. The van der Waals surface area contributed by atoms with E-state index in [0.717, 1.165) is 5.56 Å². The zero-order valence-corrected chi connectivity index (χ0v) is 16.1. The van der Waals surface area contributed by atoms with E-state index in [1.165, 1.54) is 0 Å². The maximum atomic E-state index is 12.8. The number of benzene rings is 2. The predicted molar refractivity (Wildman–Crippen MR) is 104 cm³/mol.